The fraction of sp³-hybridized carbons (Fsp3) is 0.0435. The van der Waals surface area contributed by atoms with E-state index in [9.17, 15) is 36.6 Å². The summed E-state index contributed by atoms with van der Waals surface area (Å²) in [6.07, 6.45) is -4.79. The number of carboxylic acid groups (broad SMARTS) is 1. The predicted octanol–water partition coefficient (Wildman–Crippen LogP) is 6.51. The second-order valence-electron chi connectivity index (χ2n) is 7.14. The third-order valence-electron chi connectivity index (χ3n) is 5.01. The Bertz CT molecular complexity index is 1430. The minimum atomic E-state index is -4.79. The summed E-state index contributed by atoms with van der Waals surface area (Å²) in [5, 5.41) is 11.1. The Labute approximate surface area is 193 Å². The van der Waals surface area contributed by atoms with Crippen molar-refractivity contribution in [3.63, 3.8) is 0 Å². The number of anilines is 1. The van der Waals surface area contributed by atoms with E-state index in [1.54, 1.807) is 0 Å². The Kier molecular flexibility index (Phi) is 5.78. The van der Waals surface area contributed by atoms with Crippen LogP contribution in [0.5, 0.6) is 0 Å². The van der Waals surface area contributed by atoms with Gasteiger partial charge in [0.2, 0.25) is 0 Å². The van der Waals surface area contributed by atoms with Gasteiger partial charge in [-0.15, -0.1) is 0 Å². The number of nitrogens with zero attached hydrogens (tertiary/aromatic N) is 1. The summed E-state index contributed by atoms with van der Waals surface area (Å²) in [4.78, 5) is 23.7. The van der Waals surface area contributed by atoms with Gasteiger partial charge in [0.1, 0.15) is 22.4 Å². The molecule has 2 aromatic carbocycles. The number of halogens is 6. The predicted molar refractivity (Wildman–Crippen MR) is 114 cm³/mol. The van der Waals surface area contributed by atoms with E-state index in [1.165, 1.54) is 30.3 Å². The fourth-order valence-corrected chi connectivity index (χ4v) is 3.83. The number of carboxylic acids is 1. The summed E-state index contributed by atoms with van der Waals surface area (Å²) in [7, 11) is 0. The molecule has 5 nitrogen and oxygen atoms in total. The monoisotopic (exact) mass is 494 g/mol. The average molecular weight is 495 g/mol. The maximum Gasteiger partial charge on any atom is 0.418 e. The van der Waals surface area contributed by atoms with E-state index in [0.717, 1.165) is 34.7 Å². The molecule has 0 aliphatic carbocycles. The number of amides is 1. The second-order valence-corrected chi connectivity index (χ2v) is 7.49. The molecule has 0 fully saturated rings. The Morgan fingerprint density at radius 1 is 0.941 bits per heavy atom. The largest absolute Gasteiger partial charge is 0.478 e. The highest BCUT2D eigenvalue weighted by Gasteiger charge is 2.37. The zero-order chi connectivity index (χ0) is 24.8. The lowest BCUT2D eigenvalue weighted by Crippen LogP contribution is -2.15. The van der Waals surface area contributed by atoms with Gasteiger partial charge in [0.15, 0.2) is 0 Å². The number of benzene rings is 2. The van der Waals surface area contributed by atoms with Crippen LogP contribution in [0.1, 0.15) is 26.3 Å². The van der Waals surface area contributed by atoms with Crippen LogP contribution in [-0.4, -0.2) is 21.4 Å². The first-order valence-corrected chi connectivity index (χ1v) is 9.87. The van der Waals surface area contributed by atoms with Gasteiger partial charge < -0.3 is 10.4 Å². The van der Waals surface area contributed by atoms with E-state index in [1.807, 2.05) is 0 Å². The smallest absolute Gasteiger partial charge is 0.418 e. The molecule has 34 heavy (non-hydrogen) atoms. The van der Waals surface area contributed by atoms with E-state index in [0.29, 0.717) is 0 Å². The van der Waals surface area contributed by atoms with Crippen LogP contribution in [0.4, 0.5) is 27.6 Å². The van der Waals surface area contributed by atoms with E-state index in [4.69, 9.17) is 11.6 Å². The molecule has 2 N–H and O–H groups in total. The van der Waals surface area contributed by atoms with Gasteiger partial charge in [-0.05, 0) is 48.0 Å². The van der Waals surface area contributed by atoms with Crippen molar-refractivity contribution >= 4 is 34.7 Å². The van der Waals surface area contributed by atoms with Gasteiger partial charge in [0, 0.05) is 11.2 Å². The molecule has 11 heteroatoms. The van der Waals surface area contributed by atoms with Gasteiger partial charge in [-0.2, -0.15) is 13.2 Å². The number of aromatic carboxylic acids is 1. The molecule has 1 amide bonds. The number of rotatable bonds is 4. The summed E-state index contributed by atoms with van der Waals surface area (Å²) in [5.74, 6) is -4.65. The molecular formula is C23H12ClF5N2O3. The lowest BCUT2D eigenvalue weighted by molar-refractivity contribution is -0.137. The molecule has 4 aromatic rings. The van der Waals surface area contributed by atoms with Crippen LogP contribution in [-0.2, 0) is 6.18 Å². The zero-order valence-corrected chi connectivity index (χ0v) is 17.5. The van der Waals surface area contributed by atoms with Crippen LogP contribution in [0, 0.1) is 11.6 Å². The first kappa shape index (κ1) is 23.2. The molecule has 2 aromatic heterocycles. The molecular weight excluding hydrogens is 483 g/mol. The van der Waals surface area contributed by atoms with Crippen molar-refractivity contribution in [1.29, 1.82) is 0 Å². The lowest BCUT2D eigenvalue weighted by atomic mass is 10.1. The van der Waals surface area contributed by atoms with Gasteiger partial charge in [-0.1, -0.05) is 29.8 Å². The molecule has 0 bridgehead atoms. The molecule has 0 aliphatic rings. The number of hydrogen-bond donors (Lipinski definition) is 2. The summed E-state index contributed by atoms with van der Waals surface area (Å²) >= 11 is 6.14. The number of hydrogen-bond acceptors (Lipinski definition) is 2. The van der Waals surface area contributed by atoms with Crippen LogP contribution >= 0.6 is 11.6 Å². The first-order valence-electron chi connectivity index (χ1n) is 9.49. The average Bonchev–Trinajstić information content (AvgIpc) is 3.15. The first-order chi connectivity index (χ1) is 16.0. The topological polar surface area (TPSA) is 70.8 Å². The summed E-state index contributed by atoms with van der Waals surface area (Å²) in [6, 6.07) is 11.0. The fourth-order valence-electron chi connectivity index (χ4n) is 3.50. The van der Waals surface area contributed by atoms with Gasteiger partial charge in [0.25, 0.3) is 5.91 Å². The molecule has 0 saturated carbocycles. The van der Waals surface area contributed by atoms with Crippen molar-refractivity contribution in [2.24, 2.45) is 0 Å². The van der Waals surface area contributed by atoms with Gasteiger partial charge in [0.05, 0.1) is 16.8 Å². The summed E-state index contributed by atoms with van der Waals surface area (Å²) < 4.78 is 69.9. The van der Waals surface area contributed by atoms with E-state index in [2.05, 4.69) is 5.32 Å². The molecule has 0 aliphatic heterocycles. The van der Waals surface area contributed by atoms with Crippen LogP contribution in [0.3, 0.4) is 0 Å². The summed E-state index contributed by atoms with van der Waals surface area (Å²) in [5.41, 5.74) is -2.58. The molecule has 0 atom stereocenters. The van der Waals surface area contributed by atoms with E-state index >= 15 is 0 Å². The van der Waals surface area contributed by atoms with Crippen LogP contribution in [0.15, 0.2) is 60.7 Å². The van der Waals surface area contributed by atoms with Crippen molar-refractivity contribution < 1.29 is 36.6 Å². The number of pyridine rings is 1. The maximum atomic E-state index is 13.8. The van der Waals surface area contributed by atoms with Crippen molar-refractivity contribution in [2.75, 3.05) is 5.32 Å². The number of alkyl halides is 3. The van der Waals surface area contributed by atoms with Crippen molar-refractivity contribution in [1.82, 2.24) is 4.40 Å². The molecule has 0 spiro atoms. The van der Waals surface area contributed by atoms with E-state index in [-0.39, 0.29) is 16.8 Å². The number of aromatic nitrogens is 1. The van der Waals surface area contributed by atoms with Crippen molar-refractivity contribution in [3.05, 3.63) is 94.1 Å². The van der Waals surface area contributed by atoms with Gasteiger partial charge >= 0.3 is 12.1 Å². The lowest BCUT2D eigenvalue weighted by Gasteiger charge is -2.13. The molecule has 0 saturated heterocycles. The Morgan fingerprint density at radius 2 is 1.56 bits per heavy atom. The SMILES string of the molecule is O=C(O)c1ccc2cc(C(F)(F)F)c(-c3ccc(NC(=O)c4c(F)cccc4F)cc3)n2c1Cl. The quantitative estimate of drug-likeness (QED) is 0.251. The minimum Gasteiger partial charge on any atom is -0.478 e. The molecule has 0 unspecified atom stereocenters. The molecule has 0 radical (unpaired) electrons. The highest BCUT2D eigenvalue weighted by atomic mass is 35.5. The Balaban J connectivity index is 1.78. The third kappa shape index (κ3) is 4.08. The molecule has 4 rings (SSSR count). The van der Waals surface area contributed by atoms with Gasteiger partial charge in [-0.25, -0.2) is 13.6 Å². The van der Waals surface area contributed by atoms with Crippen LogP contribution in [0.25, 0.3) is 16.8 Å². The van der Waals surface area contributed by atoms with Crippen molar-refractivity contribution in [3.8, 4) is 11.3 Å². The number of carbonyl (C=O) groups is 2. The highest BCUT2D eigenvalue weighted by Crippen LogP contribution is 2.41. The molecule has 174 valence electrons. The summed E-state index contributed by atoms with van der Waals surface area (Å²) in [6.45, 7) is 0. The number of nitrogens with one attached hydrogen (secondary N) is 1. The highest BCUT2D eigenvalue weighted by molar-refractivity contribution is 6.33. The van der Waals surface area contributed by atoms with Crippen LogP contribution in [0.2, 0.25) is 5.15 Å². The normalized spacial score (nSPS) is 11.6. The number of fused-ring (bicyclic) bond motifs is 1. The molecule has 2 heterocycles. The van der Waals surface area contributed by atoms with Gasteiger partial charge in [-0.3, -0.25) is 9.20 Å². The minimum absolute atomic E-state index is 0.00633. The zero-order valence-electron chi connectivity index (χ0n) is 16.8. The standard InChI is InChI=1S/C23H12ClF5N2O3/c24-20-14(22(33)34)9-8-13-10-15(23(27,28)29)19(31(13)20)11-4-6-12(7-5-11)30-21(32)18-16(25)2-1-3-17(18)26/h1-10H,(H,30,32)(H,33,34). The van der Waals surface area contributed by atoms with Crippen molar-refractivity contribution in [2.45, 2.75) is 6.18 Å². The number of carbonyl (C=O) groups excluding carboxylic acids is 1. The third-order valence-corrected chi connectivity index (χ3v) is 5.38. The Hall–Kier alpha value is -3.92. The maximum absolute atomic E-state index is 13.8. The Morgan fingerprint density at radius 3 is 2.12 bits per heavy atom. The second kappa shape index (κ2) is 8.45. The van der Waals surface area contributed by atoms with E-state index < -0.39 is 57.2 Å². The van der Waals surface area contributed by atoms with Crippen LogP contribution < -0.4 is 5.32 Å².